The van der Waals surface area contributed by atoms with Crippen molar-refractivity contribution in [2.75, 3.05) is 13.2 Å². The fraction of sp³-hybridized carbons (Fsp3) is 0.900. The second-order valence-corrected chi connectivity index (χ2v) is 23.4. The standard InChI is InChI=1S/C70H132O6/c1-4-7-10-13-16-19-22-25-28-31-34-35-37-39-42-45-48-51-54-57-60-63-69(72)75-66-67(65-74-68(71)62-59-56-53-50-47-44-41-38-33-30-27-24-21-18-15-12-9-6-3)76-70(73)64-61-58-55-52-49-46-43-40-36-32-29-26-23-20-17-14-11-8-5-2/h26,29,31,34,67H,4-25,27-28,30,32-33,35-66H2,1-3H3/b29-26-,34-31-. The van der Waals surface area contributed by atoms with Crippen LogP contribution in [0, 0.1) is 0 Å². The van der Waals surface area contributed by atoms with Crippen LogP contribution >= 0.6 is 0 Å². The van der Waals surface area contributed by atoms with Gasteiger partial charge < -0.3 is 14.2 Å². The van der Waals surface area contributed by atoms with Gasteiger partial charge in [-0.1, -0.05) is 321 Å². The maximum absolute atomic E-state index is 12.9. The zero-order valence-corrected chi connectivity index (χ0v) is 51.6. The van der Waals surface area contributed by atoms with E-state index in [9.17, 15) is 14.4 Å². The van der Waals surface area contributed by atoms with Gasteiger partial charge in [-0.3, -0.25) is 14.4 Å². The Labute approximate surface area is 474 Å². The summed E-state index contributed by atoms with van der Waals surface area (Å²) in [6, 6.07) is 0. The highest BCUT2D eigenvalue weighted by Gasteiger charge is 2.19. The third-order valence-electron chi connectivity index (χ3n) is 15.7. The van der Waals surface area contributed by atoms with E-state index in [1.54, 1.807) is 0 Å². The number of allylic oxidation sites excluding steroid dienone is 4. The molecule has 76 heavy (non-hydrogen) atoms. The van der Waals surface area contributed by atoms with E-state index in [1.165, 1.54) is 289 Å². The van der Waals surface area contributed by atoms with Gasteiger partial charge in [0.15, 0.2) is 6.10 Å². The maximum atomic E-state index is 12.9. The predicted octanol–water partition coefficient (Wildman–Crippen LogP) is 23.4. The number of carbonyl (C=O) groups is 3. The fourth-order valence-corrected chi connectivity index (χ4v) is 10.5. The molecule has 0 aromatic heterocycles. The third-order valence-corrected chi connectivity index (χ3v) is 15.7. The van der Waals surface area contributed by atoms with E-state index in [-0.39, 0.29) is 31.1 Å². The zero-order chi connectivity index (χ0) is 55.0. The second-order valence-electron chi connectivity index (χ2n) is 23.4. The number of ether oxygens (including phenoxy) is 3. The topological polar surface area (TPSA) is 78.9 Å². The number of carbonyl (C=O) groups excluding carboxylic acids is 3. The van der Waals surface area contributed by atoms with E-state index in [4.69, 9.17) is 14.2 Å². The fourth-order valence-electron chi connectivity index (χ4n) is 10.5. The summed E-state index contributed by atoms with van der Waals surface area (Å²) in [7, 11) is 0. The molecule has 0 spiro atoms. The van der Waals surface area contributed by atoms with Crippen molar-refractivity contribution in [1.29, 1.82) is 0 Å². The van der Waals surface area contributed by atoms with Crippen LogP contribution in [0.4, 0.5) is 0 Å². The summed E-state index contributed by atoms with van der Waals surface area (Å²) in [5.41, 5.74) is 0. The second kappa shape index (κ2) is 65.4. The molecule has 1 unspecified atom stereocenters. The van der Waals surface area contributed by atoms with Crippen LogP contribution in [-0.2, 0) is 28.6 Å². The molecular formula is C70H132O6. The van der Waals surface area contributed by atoms with Crippen molar-refractivity contribution in [3.63, 3.8) is 0 Å². The van der Waals surface area contributed by atoms with Crippen LogP contribution in [0.25, 0.3) is 0 Å². The Balaban J connectivity index is 4.31. The molecule has 0 N–H and O–H groups in total. The summed E-state index contributed by atoms with van der Waals surface area (Å²) < 4.78 is 17.0. The first kappa shape index (κ1) is 73.9. The van der Waals surface area contributed by atoms with Gasteiger partial charge >= 0.3 is 17.9 Å². The SMILES string of the molecule is CCCCCCCC/C=C\CCCCCCCCCCCC(=O)OC(COC(=O)CCCCCCCCCCC/C=C\CCCCCCCCCC)COC(=O)CCCCCCCCCCCCCCCCCCCC. The molecule has 6 nitrogen and oxygen atoms in total. The highest BCUT2D eigenvalue weighted by Crippen LogP contribution is 2.18. The molecule has 0 aromatic carbocycles. The van der Waals surface area contributed by atoms with Crippen LogP contribution in [0.3, 0.4) is 0 Å². The van der Waals surface area contributed by atoms with Gasteiger partial charge in [-0.25, -0.2) is 0 Å². The van der Waals surface area contributed by atoms with Crippen molar-refractivity contribution >= 4 is 17.9 Å². The molecule has 0 radical (unpaired) electrons. The number of hydrogen-bond donors (Lipinski definition) is 0. The van der Waals surface area contributed by atoms with E-state index < -0.39 is 6.10 Å². The lowest BCUT2D eigenvalue weighted by Gasteiger charge is -2.18. The largest absolute Gasteiger partial charge is 0.462 e. The van der Waals surface area contributed by atoms with Crippen LogP contribution in [0.1, 0.15) is 387 Å². The molecular weight excluding hydrogens is 937 g/mol. The number of rotatable bonds is 64. The first-order valence-electron chi connectivity index (χ1n) is 34.3. The van der Waals surface area contributed by atoms with E-state index >= 15 is 0 Å². The van der Waals surface area contributed by atoms with Crippen molar-refractivity contribution < 1.29 is 28.6 Å². The molecule has 6 heteroatoms. The Morgan fingerprint density at radius 1 is 0.250 bits per heavy atom. The van der Waals surface area contributed by atoms with Gasteiger partial charge in [-0.15, -0.1) is 0 Å². The molecule has 1 atom stereocenters. The van der Waals surface area contributed by atoms with Crippen LogP contribution < -0.4 is 0 Å². The summed E-state index contributed by atoms with van der Waals surface area (Å²) in [4.78, 5) is 38.4. The van der Waals surface area contributed by atoms with Crippen LogP contribution in [-0.4, -0.2) is 37.2 Å². The maximum Gasteiger partial charge on any atom is 0.306 e. The van der Waals surface area contributed by atoms with Crippen molar-refractivity contribution in [3.8, 4) is 0 Å². The Bertz CT molecular complexity index is 1230. The monoisotopic (exact) mass is 1070 g/mol. The van der Waals surface area contributed by atoms with Crippen molar-refractivity contribution in [3.05, 3.63) is 24.3 Å². The molecule has 0 rings (SSSR count). The summed E-state index contributed by atoms with van der Waals surface area (Å²) >= 11 is 0. The van der Waals surface area contributed by atoms with E-state index in [1.807, 2.05) is 0 Å². The van der Waals surface area contributed by atoms with Crippen LogP contribution in [0.2, 0.25) is 0 Å². The normalized spacial score (nSPS) is 12.1. The lowest BCUT2D eigenvalue weighted by atomic mass is 10.0. The summed E-state index contributed by atoms with van der Waals surface area (Å²) in [5, 5.41) is 0. The average molecular weight is 1070 g/mol. The molecule has 0 heterocycles. The minimum atomic E-state index is -0.771. The lowest BCUT2D eigenvalue weighted by molar-refractivity contribution is -0.167. The van der Waals surface area contributed by atoms with Crippen LogP contribution in [0.15, 0.2) is 24.3 Å². The first-order chi connectivity index (χ1) is 37.5. The van der Waals surface area contributed by atoms with Gasteiger partial charge in [-0.05, 0) is 70.6 Å². The smallest absolute Gasteiger partial charge is 0.306 e. The van der Waals surface area contributed by atoms with Gasteiger partial charge in [0.2, 0.25) is 0 Å². The van der Waals surface area contributed by atoms with E-state index in [0.717, 1.165) is 57.8 Å². The molecule has 0 saturated heterocycles. The number of esters is 3. The van der Waals surface area contributed by atoms with Crippen molar-refractivity contribution in [1.82, 2.24) is 0 Å². The van der Waals surface area contributed by atoms with Gasteiger partial charge in [-0.2, -0.15) is 0 Å². The average Bonchev–Trinajstić information content (AvgIpc) is 3.42. The molecule has 0 bridgehead atoms. The van der Waals surface area contributed by atoms with Crippen molar-refractivity contribution in [2.45, 2.75) is 393 Å². The lowest BCUT2D eigenvalue weighted by Crippen LogP contribution is -2.30. The Morgan fingerprint density at radius 3 is 0.658 bits per heavy atom. The van der Waals surface area contributed by atoms with Crippen LogP contribution in [0.5, 0.6) is 0 Å². The highest BCUT2D eigenvalue weighted by molar-refractivity contribution is 5.71. The van der Waals surface area contributed by atoms with E-state index in [2.05, 4.69) is 45.1 Å². The van der Waals surface area contributed by atoms with Gasteiger partial charge in [0.25, 0.3) is 0 Å². The molecule has 0 aliphatic carbocycles. The van der Waals surface area contributed by atoms with E-state index in [0.29, 0.717) is 19.3 Å². The number of unbranched alkanes of at least 4 members (excludes halogenated alkanes) is 49. The number of hydrogen-bond acceptors (Lipinski definition) is 6. The summed E-state index contributed by atoms with van der Waals surface area (Å²) in [6.45, 7) is 6.71. The van der Waals surface area contributed by atoms with Gasteiger partial charge in [0, 0.05) is 19.3 Å². The molecule has 0 aliphatic rings. The Kier molecular flexibility index (Phi) is 63.6. The summed E-state index contributed by atoms with van der Waals surface area (Å²) in [5.74, 6) is -0.840. The summed E-state index contributed by atoms with van der Waals surface area (Å²) in [6.07, 6.45) is 79.0. The third kappa shape index (κ3) is 62.7. The molecule has 448 valence electrons. The Hall–Kier alpha value is -2.11. The molecule has 0 aliphatic heterocycles. The minimum Gasteiger partial charge on any atom is -0.462 e. The minimum absolute atomic E-state index is 0.0670. The zero-order valence-electron chi connectivity index (χ0n) is 51.6. The quantitative estimate of drug-likeness (QED) is 0.0261. The van der Waals surface area contributed by atoms with Crippen molar-refractivity contribution in [2.24, 2.45) is 0 Å². The van der Waals surface area contributed by atoms with Gasteiger partial charge in [0.1, 0.15) is 13.2 Å². The molecule has 0 saturated carbocycles. The molecule has 0 amide bonds. The van der Waals surface area contributed by atoms with Gasteiger partial charge in [0.05, 0.1) is 0 Å². The molecule has 0 aromatic rings. The first-order valence-corrected chi connectivity index (χ1v) is 34.3. The Morgan fingerprint density at radius 2 is 0.434 bits per heavy atom. The molecule has 0 fully saturated rings. The highest BCUT2D eigenvalue weighted by atomic mass is 16.6. The predicted molar refractivity (Wildman–Crippen MR) is 330 cm³/mol.